The summed E-state index contributed by atoms with van der Waals surface area (Å²) in [7, 11) is 0. The SMILES string of the molecule is CC(O)(CNC(=O)C=Cc1ccc(Cl)cc1)CC(=O)O. The molecule has 0 radical (unpaired) electrons. The Balaban J connectivity index is 2.47. The van der Waals surface area contributed by atoms with E-state index < -0.39 is 23.9 Å². The summed E-state index contributed by atoms with van der Waals surface area (Å²) >= 11 is 5.74. The highest BCUT2D eigenvalue weighted by Gasteiger charge is 2.24. The fourth-order valence-corrected chi connectivity index (χ4v) is 1.60. The van der Waals surface area contributed by atoms with Gasteiger partial charge in [0.25, 0.3) is 0 Å². The van der Waals surface area contributed by atoms with Gasteiger partial charge in [-0.3, -0.25) is 9.59 Å². The number of aliphatic carboxylic acids is 1. The van der Waals surface area contributed by atoms with Gasteiger partial charge in [0, 0.05) is 17.6 Å². The van der Waals surface area contributed by atoms with Crippen molar-refractivity contribution in [3.8, 4) is 0 Å². The fourth-order valence-electron chi connectivity index (χ4n) is 1.47. The smallest absolute Gasteiger partial charge is 0.306 e. The molecular formula is C14H16ClNO4. The summed E-state index contributed by atoms with van der Waals surface area (Å²) in [6.07, 6.45) is 2.46. The van der Waals surface area contributed by atoms with Crippen LogP contribution in [0.4, 0.5) is 0 Å². The molecule has 1 aromatic carbocycles. The Kier molecular flexibility index (Phi) is 5.73. The summed E-state index contributed by atoms with van der Waals surface area (Å²) in [5, 5.41) is 21.4. The summed E-state index contributed by atoms with van der Waals surface area (Å²) in [5.74, 6) is -1.54. The topological polar surface area (TPSA) is 86.6 Å². The Morgan fingerprint density at radius 2 is 1.95 bits per heavy atom. The first-order chi connectivity index (χ1) is 9.28. The lowest BCUT2D eigenvalue weighted by molar-refractivity contribution is -0.142. The normalized spacial score (nSPS) is 13.9. The number of carbonyl (C=O) groups excluding carboxylic acids is 1. The molecule has 1 rings (SSSR count). The highest BCUT2D eigenvalue weighted by Crippen LogP contribution is 2.10. The lowest BCUT2D eigenvalue weighted by Gasteiger charge is -2.20. The van der Waals surface area contributed by atoms with Gasteiger partial charge in [0.1, 0.15) is 0 Å². The van der Waals surface area contributed by atoms with Crippen LogP contribution in [0.3, 0.4) is 0 Å². The molecule has 108 valence electrons. The highest BCUT2D eigenvalue weighted by molar-refractivity contribution is 6.30. The number of hydrogen-bond acceptors (Lipinski definition) is 3. The molecule has 1 amide bonds. The second-order valence-corrected chi connectivity index (χ2v) is 5.11. The third-order valence-electron chi connectivity index (χ3n) is 2.47. The molecule has 1 aromatic rings. The van der Waals surface area contributed by atoms with Crippen LogP contribution in [0.15, 0.2) is 30.3 Å². The van der Waals surface area contributed by atoms with Crippen LogP contribution in [-0.2, 0) is 9.59 Å². The summed E-state index contributed by atoms with van der Waals surface area (Å²) in [6.45, 7) is 1.22. The summed E-state index contributed by atoms with van der Waals surface area (Å²) < 4.78 is 0. The molecule has 20 heavy (non-hydrogen) atoms. The average molecular weight is 298 g/mol. The molecule has 1 atom stereocenters. The number of amides is 1. The van der Waals surface area contributed by atoms with Gasteiger partial charge in [-0.2, -0.15) is 0 Å². The Morgan fingerprint density at radius 1 is 1.35 bits per heavy atom. The van der Waals surface area contributed by atoms with E-state index in [-0.39, 0.29) is 6.54 Å². The van der Waals surface area contributed by atoms with E-state index in [4.69, 9.17) is 16.7 Å². The van der Waals surface area contributed by atoms with Crippen LogP contribution in [0.1, 0.15) is 18.9 Å². The number of benzene rings is 1. The van der Waals surface area contributed by atoms with E-state index in [9.17, 15) is 14.7 Å². The van der Waals surface area contributed by atoms with Crippen molar-refractivity contribution >= 4 is 29.6 Å². The third-order valence-corrected chi connectivity index (χ3v) is 2.72. The van der Waals surface area contributed by atoms with Crippen molar-refractivity contribution in [3.05, 3.63) is 40.9 Å². The molecule has 0 fully saturated rings. The van der Waals surface area contributed by atoms with Crippen molar-refractivity contribution in [1.82, 2.24) is 5.32 Å². The minimum Gasteiger partial charge on any atom is -0.481 e. The zero-order valence-corrected chi connectivity index (χ0v) is 11.7. The molecule has 0 aliphatic carbocycles. The molecule has 0 spiro atoms. The molecule has 5 nitrogen and oxygen atoms in total. The van der Waals surface area contributed by atoms with Crippen molar-refractivity contribution in [3.63, 3.8) is 0 Å². The van der Waals surface area contributed by atoms with E-state index in [1.165, 1.54) is 13.0 Å². The number of hydrogen-bond donors (Lipinski definition) is 3. The molecular weight excluding hydrogens is 282 g/mol. The van der Waals surface area contributed by atoms with E-state index in [1.807, 2.05) is 0 Å². The average Bonchev–Trinajstić information content (AvgIpc) is 2.34. The number of aliphatic hydroxyl groups is 1. The predicted octanol–water partition coefficient (Wildman–Crippen LogP) is 1.70. The lowest BCUT2D eigenvalue weighted by atomic mass is 10.0. The monoisotopic (exact) mass is 297 g/mol. The second-order valence-electron chi connectivity index (χ2n) is 4.67. The standard InChI is InChI=1S/C14H16ClNO4/c1-14(20,8-13(18)19)9-16-12(17)7-4-10-2-5-11(15)6-3-10/h2-7,20H,8-9H2,1H3,(H,16,17)(H,18,19). The van der Waals surface area contributed by atoms with Crippen molar-refractivity contribution in [2.45, 2.75) is 18.9 Å². The maximum absolute atomic E-state index is 11.5. The quantitative estimate of drug-likeness (QED) is 0.698. The molecule has 3 N–H and O–H groups in total. The Labute approximate surface area is 121 Å². The highest BCUT2D eigenvalue weighted by atomic mass is 35.5. The minimum absolute atomic E-state index is 0.136. The van der Waals surface area contributed by atoms with Gasteiger partial charge in [-0.05, 0) is 30.7 Å². The van der Waals surface area contributed by atoms with Crippen molar-refractivity contribution < 1.29 is 19.8 Å². The van der Waals surface area contributed by atoms with Crippen LogP contribution < -0.4 is 5.32 Å². The van der Waals surface area contributed by atoms with E-state index in [0.717, 1.165) is 5.56 Å². The number of carboxylic acids is 1. The molecule has 1 unspecified atom stereocenters. The van der Waals surface area contributed by atoms with Crippen LogP contribution in [-0.4, -0.2) is 34.2 Å². The van der Waals surface area contributed by atoms with E-state index >= 15 is 0 Å². The van der Waals surface area contributed by atoms with E-state index in [0.29, 0.717) is 5.02 Å². The molecule has 0 bridgehead atoms. The zero-order chi connectivity index (χ0) is 15.2. The van der Waals surface area contributed by atoms with Gasteiger partial charge >= 0.3 is 5.97 Å². The lowest BCUT2D eigenvalue weighted by Crippen LogP contribution is -2.41. The first-order valence-corrected chi connectivity index (χ1v) is 6.32. The Bertz CT molecular complexity index is 508. The summed E-state index contributed by atoms with van der Waals surface area (Å²) in [4.78, 5) is 22.0. The van der Waals surface area contributed by atoms with Gasteiger partial charge in [-0.15, -0.1) is 0 Å². The van der Waals surface area contributed by atoms with Gasteiger partial charge in [-0.1, -0.05) is 23.7 Å². The predicted molar refractivity (Wildman–Crippen MR) is 76.4 cm³/mol. The number of carboxylic acid groups (broad SMARTS) is 1. The second kappa shape index (κ2) is 7.07. The molecule has 0 saturated heterocycles. The number of carbonyl (C=O) groups is 2. The molecule has 0 aromatic heterocycles. The fraction of sp³-hybridized carbons (Fsp3) is 0.286. The zero-order valence-electron chi connectivity index (χ0n) is 11.0. The molecule has 0 aliphatic rings. The van der Waals surface area contributed by atoms with Crippen LogP contribution in [0.2, 0.25) is 5.02 Å². The van der Waals surface area contributed by atoms with Crippen molar-refractivity contribution in [2.24, 2.45) is 0 Å². The third kappa shape index (κ3) is 6.36. The van der Waals surface area contributed by atoms with E-state index in [1.54, 1.807) is 30.3 Å². The molecule has 0 aliphatic heterocycles. The molecule has 0 saturated carbocycles. The van der Waals surface area contributed by atoms with Gasteiger partial charge in [0.05, 0.1) is 12.0 Å². The minimum atomic E-state index is -1.48. The van der Waals surface area contributed by atoms with Gasteiger partial charge < -0.3 is 15.5 Å². The van der Waals surface area contributed by atoms with Gasteiger partial charge in [0.15, 0.2) is 0 Å². The Morgan fingerprint density at radius 3 is 2.50 bits per heavy atom. The van der Waals surface area contributed by atoms with Crippen molar-refractivity contribution in [1.29, 1.82) is 0 Å². The van der Waals surface area contributed by atoms with Crippen LogP contribution in [0.25, 0.3) is 6.08 Å². The number of halogens is 1. The summed E-state index contributed by atoms with van der Waals surface area (Å²) in [5.41, 5.74) is -0.669. The number of nitrogens with one attached hydrogen (secondary N) is 1. The van der Waals surface area contributed by atoms with Gasteiger partial charge in [0.2, 0.25) is 5.91 Å². The van der Waals surface area contributed by atoms with Crippen LogP contribution in [0, 0.1) is 0 Å². The van der Waals surface area contributed by atoms with E-state index in [2.05, 4.69) is 5.32 Å². The first-order valence-electron chi connectivity index (χ1n) is 5.94. The Hall–Kier alpha value is -1.85. The van der Waals surface area contributed by atoms with Crippen LogP contribution in [0.5, 0.6) is 0 Å². The van der Waals surface area contributed by atoms with Gasteiger partial charge in [-0.25, -0.2) is 0 Å². The summed E-state index contributed by atoms with van der Waals surface area (Å²) in [6, 6.07) is 6.92. The molecule has 0 heterocycles. The first kappa shape index (κ1) is 16.2. The molecule has 6 heteroatoms. The van der Waals surface area contributed by atoms with Crippen molar-refractivity contribution in [2.75, 3.05) is 6.54 Å². The maximum Gasteiger partial charge on any atom is 0.306 e. The maximum atomic E-state index is 11.5. The largest absolute Gasteiger partial charge is 0.481 e. The number of rotatable bonds is 6. The van der Waals surface area contributed by atoms with Crippen LogP contribution >= 0.6 is 11.6 Å².